The number of nitrogens with zero attached hydrogens (tertiary/aromatic N) is 1. The summed E-state index contributed by atoms with van der Waals surface area (Å²) >= 11 is 0. The number of para-hydroxylation sites is 2. The molecule has 0 aromatic heterocycles. The lowest BCUT2D eigenvalue weighted by Gasteiger charge is -2.33. The van der Waals surface area contributed by atoms with Crippen LogP contribution in [0.3, 0.4) is 0 Å². The molecule has 3 rings (SSSR count). The monoisotopic (exact) mass is 267 g/mol. The fourth-order valence-electron chi connectivity index (χ4n) is 2.76. The first-order valence-corrected chi connectivity index (χ1v) is 6.83. The predicted octanol–water partition coefficient (Wildman–Crippen LogP) is 3.83. The largest absolute Gasteiger partial charge is 0.481 e. The molecule has 102 valence electrons. The fourth-order valence-corrected chi connectivity index (χ4v) is 2.76. The quantitative estimate of drug-likeness (QED) is 0.895. The molecule has 0 saturated heterocycles. The van der Waals surface area contributed by atoms with Crippen molar-refractivity contribution in [3.63, 3.8) is 0 Å². The number of rotatable bonds is 5. The van der Waals surface area contributed by atoms with Crippen LogP contribution in [0.4, 0.5) is 11.4 Å². The summed E-state index contributed by atoms with van der Waals surface area (Å²) in [5.41, 5.74) is 1.84. The van der Waals surface area contributed by atoms with Crippen molar-refractivity contribution >= 4 is 17.3 Å². The van der Waals surface area contributed by atoms with Crippen molar-refractivity contribution in [1.29, 1.82) is 0 Å². The summed E-state index contributed by atoms with van der Waals surface area (Å²) in [4.78, 5) is 13.4. The molecule has 20 heavy (non-hydrogen) atoms. The summed E-state index contributed by atoms with van der Waals surface area (Å²) in [6, 6.07) is 20.1. The average Bonchev–Trinajstić information content (AvgIpc) is 3.21. The zero-order valence-corrected chi connectivity index (χ0v) is 11.2. The SMILES string of the molecule is O=C(O)CC1(N(c2ccccc2)c2ccccc2)CC1. The van der Waals surface area contributed by atoms with E-state index in [0.29, 0.717) is 0 Å². The van der Waals surface area contributed by atoms with Gasteiger partial charge in [0.05, 0.1) is 12.0 Å². The zero-order valence-electron chi connectivity index (χ0n) is 11.2. The van der Waals surface area contributed by atoms with Gasteiger partial charge in [-0.05, 0) is 37.1 Å². The van der Waals surface area contributed by atoms with Crippen molar-refractivity contribution in [3.8, 4) is 0 Å². The topological polar surface area (TPSA) is 40.5 Å². The number of carbonyl (C=O) groups is 1. The van der Waals surface area contributed by atoms with Crippen LogP contribution in [0.15, 0.2) is 60.7 Å². The van der Waals surface area contributed by atoms with Gasteiger partial charge in [-0.15, -0.1) is 0 Å². The van der Waals surface area contributed by atoms with E-state index in [0.717, 1.165) is 24.2 Å². The number of anilines is 2. The molecule has 0 atom stereocenters. The normalized spacial score (nSPS) is 15.6. The number of carboxylic acid groups (broad SMARTS) is 1. The third-order valence-electron chi connectivity index (χ3n) is 3.81. The summed E-state index contributed by atoms with van der Waals surface area (Å²) in [7, 11) is 0. The van der Waals surface area contributed by atoms with E-state index >= 15 is 0 Å². The van der Waals surface area contributed by atoms with Crippen LogP contribution in [-0.4, -0.2) is 16.6 Å². The van der Waals surface area contributed by atoms with E-state index in [9.17, 15) is 9.90 Å². The van der Waals surface area contributed by atoms with Gasteiger partial charge in [-0.1, -0.05) is 36.4 Å². The first-order chi connectivity index (χ1) is 9.71. The van der Waals surface area contributed by atoms with E-state index in [-0.39, 0.29) is 12.0 Å². The van der Waals surface area contributed by atoms with Crippen molar-refractivity contribution in [1.82, 2.24) is 0 Å². The maximum Gasteiger partial charge on any atom is 0.305 e. The average molecular weight is 267 g/mol. The van der Waals surface area contributed by atoms with Crippen LogP contribution >= 0.6 is 0 Å². The summed E-state index contributed by atoms with van der Waals surface area (Å²) in [5.74, 6) is -0.737. The molecule has 2 aromatic rings. The van der Waals surface area contributed by atoms with E-state index < -0.39 is 5.97 Å². The second kappa shape index (κ2) is 5.00. The molecular formula is C17H17NO2. The highest BCUT2D eigenvalue weighted by atomic mass is 16.4. The van der Waals surface area contributed by atoms with Crippen molar-refractivity contribution < 1.29 is 9.90 Å². The van der Waals surface area contributed by atoms with Gasteiger partial charge in [0.25, 0.3) is 0 Å². The third-order valence-corrected chi connectivity index (χ3v) is 3.81. The van der Waals surface area contributed by atoms with Crippen molar-refractivity contribution in [2.45, 2.75) is 24.8 Å². The number of benzene rings is 2. The van der Waals surface area contributed by atoms with E-state index in [2.05, 4.69) is 4.90 Å². The Balaban J connectivity index is 2.03. The molecule has 1 aliphatic carbocycles. The molecule has 0 amide bonds. The van der Waals surface area contributed by atoms with Crippen molar-refractivity contribution in [3.05, 3.63) is 60.7 Å². The minimum absolute atomic E-state index is 0.177. The fraction of sp³-hybridized carbons (Fsp3) is 0.235. The van der Waals surface area contributed by atoms with Crippen molar-refractivity contribution in [2.24, 2.45) is 0 Å². The molecule has 1 fully saturated rings. The molecule has 0 bridgehead atoms. The van der Waals surface area contributed by atoms with E-state index in [4.69, 9.17) is 0 Å². The lowest BCUT2D eigenvalue weighted by molar-refractivity contribution is -0.137. The second-order valence-electron chi connectivity index (χ2n) is 5.30. The molecule has 1 N–H and O–H groups in total. The van der Waals surface area contributed by atoms with Gasteiger partial charge in [-0.25, -0.2) is 0 Å². The van der Waals surface area contributed by atoms with Gasteiger partial charge in [0.1, 0.15) is 0 Å². The molecule has 0 spiro atoms. The summed E-state index contributed by atoms with van der Waals surface area (Å²) in [5, 5.41) is 9.21. The predicted molar refractivity (Wildman–Crippen MR) is 79.2 cm³/mol. The minimum atomic E-state index is -0.737. The lowest BCUT2D eigenvalue weighted by atomic mass is 10.1. The van der Waals surface area contributed by atoms with Crippen LogP contribution < -0.4 is 4.90 Å². The first-order valence-electron chi connectivity index (χ1n) is 6.83. The number of hydrogen-bond acceptors (Lipinski definition) is 2. The smallest absolute Gasteiger partial charge is 0.305 e. The van der Waals surface area contributed by atoms with E-state index in [1.165, 1.54) is 0 Å². The molecule has 1 saturated carbocycles. The summed E-state index contributed by atoms with van der Waals surface area (Å²) in [6.07, 6.45) is 2.02. The van der Waals surface area contributed by atoms with Gasteiger partial charge in [0.2, 0.25) is 0 Å². The van der Waals surface area contributed by atoms with Gasteiger partial charge in [-0.3, -0.25) is 4.79 Å². The second-order valence-corrected chi connectivity index (χ2v) is 5.30. The molecule has 3 heteroatoms. The first kappa shape index (κ1) is 12.7. The Bertz CT molecular complexity index is 551. The zero-order chi connectivity index (χ0) is 14.0. The van der Waals surface area contributed by atoms with Crippen LogP contribution in [0.5, 0.6) is 0 Å². The highest BCUT2D eigenvalue weighted by Gasteiger charge is 2.50. The van der Waals surface area contributed by atoms with Crippen LogP contribution in [0, 0.1) is 0 Å². The summed E-state index contributed by atoms with van der Waals surface area (Å²) in [6.45, 7) is 0. The Morgan fingerprint density at radius 2 is 1.40 bits per heavy atom. The molecule has 3 nitrogen and oxygen atoms in total. The van der Waals surface area contributed by atoms with Gasteiger partial charge in [0, 0.05) is 11.4 Å². The maximum atomic E-state index is 11.2. The highest BCUT2D eigenvalue weighted by Crippen LogP contribution is 2.50. The lowest BCUT2D eigenvalue weighted by Crippen LogP contribution is -2.35. The van der Waals surface area contributed by atoms with Gasteiger partial charge >= 0.3 is 5.97 Å². The minimum Gasteiger partial charge on any atom is -0.481 e. The Morgan fingerprint density at radius 1 is 0.950 bits per heavy atom. The third kappa shape index (κ3) is 2.39. The van der Waals surface area contributed by atoms with Crippen LogP contribution in [0.1, 0.15) is 19.3 Å². The molecule has 2 aromatic carbocycles. The Hall–Kier alpha value is -2.29. The van der Waals surface area contributed by atoms with E-state index in [1.807, 2.05) is 60.7 Å². The molecular weight excluding hydrogens is 250 g/mol. The van der Waals surface area contributed by atoms with Crippen LogP contribution in [0.2, 0.25) is 0 Å². The highest BCUT2D eigenvalue weighted by molar-refractivity contribution is 5.75. The Labute approximate surface area is 118 Å². The maximum absolute atomic E-state index is 11.2. The number of aliphatic carboxylic acids is 1. The van der Waals surface area contributed by atoms with Crippen molar-refractivity contribution in [2.75, 3.05) is 4.90 Å². The van der Waals surface area contributed by atoms with Crippen LogP contribution in [-0.2, 0) is 4.79 Å². The number of carboxylic acids is 1. The Morgan fingerprint density at radius 3 is 1.75 bits per heavy atom. The molecule has 0 aliphatic heterocycles. The molecule has 1 aliphatic rings. The summed E-state index contributed by atoms with van der Waals surface area (Å²) < 4.78 is 0. The van der Waals surface area contributed by atoms with Gasteiger partial charge in [-0.2, -0.15) is 0 Å². The van der Waals surface area contributed by atoms with Crippen LogP contribution in [0.25, 0.3) is 0 Å². The van der Waals surface area contributed by atoms with E-state index in [1.54, 1.807) is 0 Å². The molecule has 0 unspecified atom stereocenters. The number of hydrogen-bond donors (Lipinski definition) is 1. The van der Waals surface area contributed by atoms with Gasteiger partial charge < -0.3 is 10.0 Å². The van der Waals surface area contributed by atoms with Gasteiger partial charge in [0.15, 0.2) is 0 Å². The standard InChI is InChI=1S/C17H17NO2/c19-16(20)13-17(11-12-17)18(14-7-3-1-4-8-14)15-9-5-2-6-10-15/h1-10H,11-13H2,(H,19,20). The Kier molecular flexibility index (Phi) is 3.18. The molecule has 0 radical (unpaired) electrons. The molecule has 0 heterocycles.